The summed E-state index contributed by atoms with van der Waals surface area (Å²) in [4.78, 5) is 12.4. The molecule has 1 amide bonds. The van der Waals surface area contributed by atoms with Gasteiger partial charge in [-0.15, -0.1) is 16.7 Å². The Kier molecular flexibility index (Phi) is 4.34. The highest BCUT2D eigenvalue weighted by atomic mass is 35.5. The molecule has 6 heteroatoms. The summed E-state index contributed by atoms with van der Waals surface area (Å²) in [5.74, 6) is 0.514. The van der Waals surface area contributed by atoms with Crippen molar-refractivity contribution < 1.29 is 4.79 Å². The third-order valence-corrected chi connectivity index (χ3v) is 4.45. The average Bonchev–Trinajstić information content (AvgIpc) is 2.74. The average molecular weight is 274 g/mol. The van der Waals surface area contributed by atoms with Crippen molar-refractivity contribution in [1.82, 2.24) is 14.9 Å². The first kappa shape index (κ1) is 12.8. The lowest BCUT2D eigenvalue weighted by Gasteiger charge is -2.24. The minimum absolute atomic E-state index is 0.0505. The fourth-order valence-electron chi connectivity index (χ4n) is 2.08. The minimum Gasteiger partial charge on any atom is -0.351 e. The molecule has 0 aromatic carbocycles. The number of halogens is 1. The van der Waals surface area contributed by atoms with Crippen molar-refractivity contribution in [3.05, 3.63) is 10.6 Å². The highest BCUT2D eigenvalue weighted by Crippen LogP contribution is 2.27. The predicted molar refractivity (Wildman–Crippen MR) is 68.6 cm³/mol. The van der Waals surface area contributed by atoms with Gasteiger partial charge in [-0.3, -0.25) is 4.79 Å². The maximum atomic E-state index is 11.8. The van der Waals surface area contributed by atoms with Crippen molar-refractivity contribution in [2.24, 2.45) is 5.92 Å². The van der Waals surface area contributed by atoms with Crippen molar-refractivity contribution in [2.75, 3.05) is 6.54 Å². The molecular formula is C11H16ClN3OS. The Hall–Kier alpha value is -0.680. The van der Waals surface area contributed by atoms with E-state index in [9.17, 15) is 4.79 Å². The zero-order valence-electron chi connectivity index (χ0n) is 9.78. The second kappa shape index (κ2) is 5.78. The van der Waals surface area contributed by atoms with Crippen LogP contribution < -0.4 is 5.32 Å². The van der Waals surface area contributed by atoms with Crippen molar-refractivity contribution in [3.63, 3.8) is 0 Å². The molecule has 1 fully saturated rings. The zero-order valence-corrected chi connectivity index (χ0v) is 11.4. The van der Waals surface area contributed by atoms with Crippen LogP contribution >= 0.6 is 23.1 Å². The number of aryl methyl sites for hydroxylation is 1. The molecule has 1 aromatic heterocycles. The first-order chi connectivity index (χ1) is 8.16. The molecule has 1 N–H and O–H groups in total. The van der Waals surface area contributed by atoms with E-state index in [2.05, 4.69) is 14.9 Å². The molecule has 0 saturated heterocycles. The molecule has 1 aliphatic carbocycles. The third kappa shape index (κ3) is 3.39. The van der Waals surface area contributed by atoms with Crippen LogP contribution in [0.3, 0.4) is 0 Å². The molecule has 0 aliphatic heterocycles. The molecule has 1 heterocycles. The van der Waals surface area contributed by atoms with Crippen molar-refractivity contribution in [2.45, 2.75) is 38.0 Å². The molecule has 1 aliphatic rings. The number of carbonyl (C=O) groups excluding carboxylic acids is 1. The molecule has 1 saturated carbocycles. The number of hydrogen-bond donors (Lipinski definition) is 1. The number of aromatic nitrogens is 2. The Bertz CT molecular complexity index is 388. The normalized spacial score (nSPS) is 24.6. The van der Waals surface area contributed by atoms with Gasteiger partial charge in [0.15, 0.2) is 0 Å². The monoisotopic (exact) mass is 273 g/mol. The summed E-state index contributed by atoms with van der Waals surface area (Å²) in [6.07, 6.45) is 4.33. The predicted octanol–water partition coefficient (Wildman–Crippen LogP) is 2.37. The number of hydrogen-bond acceptors (Lipinski definition) is 4. The van der Waals surface area contributed by atoms with Crippen molar-refractivity contribution >= 4 is 29.0 Å². The summed E-state index contributed by atoms with van der Waals surface area (Å²) in [5.41, 5.74) is 0.706. The largest absolute Gasteiger partial charge is 0.351 e. The van der Waals surface area contributed by atoms with E-state index in [1.165, 1.54) is 0 Å². The molecule has 0 bridgehead atoms. The standard InChI is InChI=1S/C11H16ClN3OS/c1-7-10(17-15-14-7)11(16)13-6-8-2-4-9(12)5-3-8/h8-9H,2-6H2,1H3,(H,13,16). The van der Waals surface area contributed by atoms with Crippen LogP contribution in [0.25, 0.3) is 0 Å². The topological polar surface area (TPSA) is 54.9 Å². The van der Waals surface area contributed by atoms with Gasteiger partial charge in [0.1, 0.15) is 4.88 Å². The van der Waals surface area contributed by atoms with Crippen LogP contribution in [-0.4, -0.2) is 27.4 Å². The fraction of sp³-hybridized carbons (Fsp3) is 0.727. The maximum Gasteiger partial charge on any atom is 0.264 e. The van der Waals surface area contributed by atoms with Gasteiger partial charge in [0.05, 0.1) is 5.69 Å². The SMILES string of the molecule is Cc1nnsc1C(=O)NCC1CCC(Cl)CC1. The Morgan fingerprint density at radius 3 is 2.76 bits per heavy atom. The van der Waals surface area contributed by atoms with Gasteiger partial charge in [0.25, 0.3) is 5.91 Å². The Morgan fingerprint density at radius 2 is 2.18 bits per heavy atom. The van der Waals surface area contributed by atoms with E-state index in [0.717, 1.165) is 43.8 Å². The lowest BCUT2D eigenvalue weighted by Crippen LogP contribution is -2.31. The second-order valence-electron chi connectivity index (χ2n) is 4.52. The molecule has 0 unspecified atom stereocenters. The van der Waals surface area contributed by atoms with Gasteiger partial charge in [-0.2, -0.15) is 0 Å². The van der Waals surface area contributed by atoms with E-state index in [4.69, 9.17) is 11.6 Å². The van der Waals surface area contributed by atoms with Gasteiger partial charge < -0.3 is 5.32 Å². The van der Waals surface area contributed by atoms with E-state index in [-0.39, 0.29) is 5.91 Å². The van der Waals surface area contributed by atoms with Gasteiger partial charge in [-0.25, -0.2) is 0 Å². The van der Waals surface area contributed by atoms with E-state index in [1.807, 2.05) is 0 Å². The number of alkyl halides is 1. The third-order valence-electron chi connectivity index (χ3n) is 3.19. The Labute approximate surface area is 110 Å². The number of carbonyl (C=O) groups is 1. The van der Waals surface area contributed by atoms with Crippen LogP contribution in [0.4, 0.5) is 0 Å². The van der Waals surface area contributed by atoms with Gasteiger partial charge in [0.2, 0.25) is 0 Å². The zero-order chi connectivity index (χ0) is 12.3. The van der Waals surface area contributed by atoms with Gasteiger partial charge in [-0.05, 0) is 50.1 Å². The number of rotatable bonds is 3. The number of nitrogens with zero attached hydrogens (tertiary/aromatic N) is 2. The molecule has 17 heavy (non-hydrogen) atoms. The highest BCUT2D eigenvalue weighted by Gasteiger charge is 2.21. The van der Waals surface area contributed by atoms with Crippen molar-refractivity contribution in [1.29, 1.82) is 0 Å². The molecule has 0 atom stereocenters. The molecule has 1 aromatic rings. The van der Waals surface area contributed by atoms with E-state index in [1.54, 1.807) is 6.92 Å². The number of amides is 1. The highest BCUT2D eigenvalue weighted by molar-refractivity contribution is 7.07. The van der Waals surface area contributed by atoms with Crippen LogP contribution in [0.1, 0.15) is 41.0 Å². The van der Waals surface area contributed by atoms with Crippen LogP contribution in [0.5, 0.6) is 0 Å². The minimum atomic E-state index is -0.0505. The molecule has 0 spiro atoms. The van der Waals surface area contributed by atoms with E-state index in [0.29, 0.717) is 21.9 Å². The quantitative estimate of drug-likeness (QED) is 0.861. The smallest absolute Gasteiger partial charge is 0.264 e. The summed E-state index contributed by atoms with van der Waals surface area (Å²) in [6, 6.07) is 0. The first-order valence-corrected chi connectivity index (χ1v) is 7.09. The fourth-order valence-corrected chi connectivity index (χ4v) is 2.91. The summed E-state index contributed by atoms with van der Waals surface area (Å²) >= 11 is 7.19. The van der Waals surface area contributed by atoms with Gasteiger partial charge in [0, 0.05) is 11.9 Å². The van der Waals surface area contributed by atoms with Crippen LogP contribution in [0.15, 0.2) is 0 Å². The van der Waals surface area contributed by atoms with E-state index >= 15 is 0 Å². The van der Waals surface area contributed by atoms with Crippen LogP contribution in [-0.2, 0) is 0 Å². The van der Waals surface area contributed by atoms with Crippen molar-refractivity contribution in [3.8, 4) is 0 Å². The lowest BCUT2D eigenvalue weighted by molar-refractivity contribution is 0.0947. The van der Waals surface area contributed by atoms with Crippen LogP contribution in [0.2, 0.25) is 0 Å². The Balaban J connectivity index is 1.79. The van der Waals surface area contributed by atoms with E-state index < -0.39 is 0 Å². The van der Waals surface area contributed by atoms with Gasteiger partial charge in [-0.1, -0.05) is 4.49 Å². The summed E-state index contributed by atoms with van der Waals surface area (Å²) < 4.78 is 3.76. The summed E-state index contributed by atoms with van der Waals surface area (Å²) in [6.45, 7) is 2.54. The number of nitrogens with one attached hydrogen (secondary N) is 1. The molecule has 0 radical (unpaired) electrons. The molecule has 4 nitrogen and oxygen atoms in total. The summed E-state index contributed by atoms with van der Waals surface area (Å²) in [5, 5.41) is 7.12. The Morgan fingerprint density at radius 1 is 1.47 bits per heavy atom. The maximum absolute atomic E-state index is 11.8. The molecule has 2 rings (SSSR count). The summed E-state index contributed by atoms with van der Waals surface area (Å²) in [7, 11) is 0. The molecular weight excluding hydrogens is 258 g/mol. The van der Waals surface area contributed by atoms with Gasteiger partial charge >= 0.3 is 0 Å². The van der Waals surface area contributed by atoms with Crippen LogP contribution in [0, 0.1) is 12.8 Å². The first-order valence-electron chi connectivity index (χ1n) is 5.88. The lowest BCUT2D eigenvalue weighted by atomic mass is 9.89. The molecule has 94 valence electrons. The second-order valence-corrected chi connectivity index (χ2v) is 5.89.